The predicted octanol–water partition coefficient (Wildman–Crippen LogP) is 3.16. The number of rotatable bonds is 7. The fourth-order valence-electron chi connectivity index (χ4n) is 1.69. The number of thioether (sulfide) groups is 1. The van der Waals surface area contributed by atoms with Crippen LogP contribution >= 0.6 is 11.8 Å². The summed E-state index contributed by atoms with van der Waals surface area (Å²) in [7, 11) is 0. The van der Waals surface area contributed by atoms with Crippen molar-refractivity contribution in [1.82, 2.24) is 5.32 Å². The average molecular weight is 248 g/mol. The number of hydrogen-bond donors (Lipinski definition) is 1. The van der Waals surface area contributed by atoms with E-state index in [0.29, 0.717) is 0 Å². The third-order valence-corrected chi connectivity index (χ3v) is 3.70. The van der Waals surface area contributed by atoms with Crippen molar-refractivity contribution >= 4 is 11.8 Å². The predicted molar refractivity (Wildman–Crippen MR) is 75.0 cm³/mol. The smallest absolute Gasteiger partial charge is 0.141 e. The molecule has 0 aliphatic carbocycles. The lowest BCUT2D eigenvalue weighted by atomic mass is 9.93. The maximum Gasteiger partial charge on any atom is 0.141 e. The maximum atomic E-state index is 9.56. The van der Waals surface area contributed by atoms with Crippen molar-refractivity contribution in [3.05, 3.63) is 35.9 Å². The molecule has 1 unspecified atom stereocenters. The summed E-state index contributed by atoms with van der Waals surface area (Å²) in [5.74, 6) is 1.83. The van der Waals surface area contributed by atoms with Crippen molar-refractivity contribution in [2.24, 2.45) is 0 Å². The Labute approximate surface area is 108 Å². The van der Waals surface area contributed by atoms with Crippen LogP contribution in [-0.4, -0.2) is 18.1 Å². The molecule has 92 valence electrons. The highest BCUT2D eigenvalue weighted by atomic mass is 32.2. The quantitative estimate of drug-likeness (QED) is 0.805. The Morgan fingerprint density at radius 1 is 1.29 bits per heavy atom. The van der Waals surface area contributed by atoms with E-state index >= 15 is 0 Å². The lowest BCUT2D eigenvalue weighted by molar-refractivity contribution is 0.474. The second-order valence-electron chi connectivity index (χ2n) is 3.95. The van der Waals surface area contributed by atoms with Crippen LogP contribution in [0.15, 0.2) is 30.3 Å². The molecule has 1 atom stereocenters. The van der Waals surface area contributed by atoms with Crippen LogP contribution in [0.1, 0.15) is 25.8 Å². The first-order valence-corrected chi connectivity index (χ1v) is 7.24. The normalized spacial score (nSPS) is 13.9. The first-order valence-electron chi connectivity index (χ1n) is 6.08. The Morgan fingerprint density at radius 2 is 2.00 bits per heavy atom. The van der Waals surface area contributed by atoms with Crippen molar-refractivity contribution in [2.45, 2.75) is 25.8 Å². The number of nitriles is 1. The number of benzene rings is 1. The molecule has 1 N–H and O–H groups in total. The van der Waals surface area contributed by atoms with Crippen molar-refractivity contribution in [3.63, 3.8) is 0 Å². The van der Waals surface area contributed by atoms with E-state index < -0.39 is 5.54 Å². The standard InChI is InChI=1S/C14H20N2S/c1-3-10-16-14(11-15,12-17-4-2)13-8-6-5-7-9-13/h5-9,16H,3-4,10,12H2,1-2H3. The van der Waals surface area contributed by atoms with Crippen LogP contribution in [0.5, 0.6) is 0 Å². The molecule has 0 radical (unpaired) electrons. The van der Waals surface area contributed by atoms with Gasteiger partial charge < -0.3 is 0 Å². The Hall–Kier alpha value is -0.980. The lowest BCUT2D eigenvalue weighted by Crippen LogP contribution is -2.44. The average Bonchev–Trinajstić information content (AvgIpc) is 2.41. The molecule has 2 nitrogen and oxygen atoms in total. The molecule has 0 amide bonds. The summed E-state index contributed by atoms with van der Waals surface area (Å²) in [5, 5.41) is 13.0. The molecule has 0 aliphatic rings. The number of hydrogen-bond acceptors (Lipinski definition) is 3. The van der Waals surface area contributed by atoms with Crippen LogP contribution in [-0.2, 0) is 5.54 Å². The van der Waals surface area contributed by atoms with Gasteiger partial charge in [0.1, 0.15) is 5.54 Å². The molecule has 0 saturated heterocycles. The van der Waals surface area contributed by atoms with Gasteiger partial charge in [-0.3, -0.25) is 5.32 Å². The summed E-state index contributed by atoms with van der Waals surface area (Å²) < 4.78 is 0. The van der Waals surface area contributed by atoms with Crippen LogP contribution in [0.2, 0.25) is 0 Å². The van der Waals surface area contributed by atoms with E-state index in [1.807, 2.05) is 30.3 Å². The molecule has 0 heterocycles. The second kappa shape index (κ2) is 7.37. The van der Waals surface area contributed by atoms with Gasteiger partial charge >= 0.3 is 0 Å². The zero-order chi connectivity index (χ0) is 12.6. The molecule has 0 spiro atoms. The molecular formula is C14H20N2S. The minimum atomic E-state index is -0.544. The minimum Gasteiger partial charge on any atom is -0.295 e. The van der Waals surface area contributed by atoms with Crippen LogP contribution < -0.4 is 5.32 Å². The Kier molecular flexibility index (Phi) is 6.10. The number of nitrogens with one attached hydrogen (secondary N) is 1. The fraction of sp³-hybridized carbons (Fsp3) is 0.500. The van der Waals surface area contributed by atoms with E-state index in [9.17, 15) is 5.26 Å². The van der Waals surface area contributed by atoms with Crippen molar-refractivity contribution in [2.75, 3.05) is 18.1 Å². The van der Waals surface area contributed by atoms with E-state index in [4.69, 9.17) is 0 Å². The van der Waals surface area contributed by atoms with Crippen LogP contribution in [0.3, 0.4) is 0 Å². The van der Waals surface area contributed by atoms with Gasteiger partial charge in [0.25, 0.3) is 0 Å². The van der Waals surface area contributed by atoms with Crippen LogP contribution in [0.4, 0.5) is 0 Å². The largest absolute Gasteiger partial charge is 0.295 e. The zero-order valence-corrected chi connectivity index (χ0v) is 11.4. The molecule has 3 heteroatoms. The van der Waals surface area contributed by atoms with Gasteiger partial charge in [0.05, 0.1) is 6.07 Å². The molecule has 1 aromatic carbocycles. The van der Waals surface area contributed by atoms with E-state index in [1.165, 1.54) is 0 Å². The molecule has 1 aromatic rings. The molecule has 1 rings (SSSR count). The lowest BCUT2D eigenvalue weighted by Gasteiger charge is -2.28. The van der Waals surface area contributed by atoms with Gasteiger partial charge in [-0.05, 0) is 24.3 Å². The first-order chi connectivity index (χ1) is 8.29. The molecule has 17 heavy (non-hydrogen) atoms. The minimum absolute atomic E-state index is 0.544. The van der Waals surface area contributed by atoms with E-state index in [0.717, 1.165) is 30.0 Å². The van der Waals surface area contributed by atoms with Crippen molar-refractivity contribution < 1.29 is 0 Å². The summed E-state index contributed by atoms with van der Waals surface area (Å²) in [6.45, 7) is 5.11. The van der Waals surface area contributed by atoms with Gasteiger partial charge in [0.2, 0.25) is 0 Å². The van der Waals surface area contributed by atoms with Crippen molar-refractivity contribution in [3.8, 4) is 6.07 Å². The highest BCUT2D eigenvalue weighted by Crippen LogP contribution is 2.25. The summed E-state index contributed by atoms with van der Waals surface area (Å²) in [4.78, 5) is 0. The van der Waals surface area contributed by atoms with Gasteiger partial charge in [0.15, 0.2) is 0 Å². The monoisotopic (exact) mass is 248 g/mol. The summed E-state index contributed by atoms with van der Waals surface area (Å²) >= 11 is 1.80. The molecule has 0 saturated carbocycles. The summed E-state index contributed by atoms with van der Waals surface area (Å²) in [6, 6.07) is 12.5. The third kappa shape index (κ3) is 3.76. The third-order valence-electron chi connectivity index (χ3n) is 2.66. The highest BCUT2D eigenvalue weighted by Gasteiger charge is 2.30. The van der Waals surface area contributed by atoms with Crippen LogP contribution in [0, 0.1) is 11.3 Å². The summed E-state index contributed by atoms with van der Waals surface area (Å²) in [6.07, 6.45) is 1.03. The molecule has 0 aliphatic heterocycles. The highest BCUT2D eigenvalue weighted by molar-refractivity contribution is 7.99. The number of nitrogens with zero attached hydrogens (tertiary/aromatic N) is 1. The van der Waals surface area contributed by atoms with Gasteiger partial charge in [-0.25, -0.2) is 0 Å². The first kappa shape index (κ1) is 14.1. The Bertz CT molecular complexity index is 348. The SMILES string of the molecule is CCCNC(C#N)(CSCC)c1ccccc1. The van der Waals surface area contributed by atoms with Gasteiger partial charge in [0, 0.05) is 5.75 Å². The second-order valence-corrected chi connectivity index (χ2v) is 5.22. The van der Waals surface area contributed by atoms with Crippen LogP contribution in [0.25, 0.3) is 0 Å². The van der Waals surface area contributed by atoms with Crippen molar-refractivity contribution in [1.29, 1.82) is 5.26 Å². The topological polar surface area (TPSA) is 35.8 Å². The van der Waals surface area contributed by atoms with E-state index in [1.54, 1.807) is 11.8 Å². The Balaban J connectivity index is 2.94. The summed E-state index contributed by atoms with van der Waals surface area (Å²) in [5.41, 5.74) is 0.523. The molecule has 0 fully saturated rings. The van der Waals surface area contributed by atoms with E-state index in [-0.39, 0.29) is 0 Å². The van der Waals surface area contributed by atoms with Gasteiger partial charge in [-0.1, -0.05) is 44.2 Å². The molecule has 0 aromatic heterocycles. The van der Waals surface area contributed by atoms with Gasteiger partial charge in [-0.15, -0.1) is 0 Å². The fourth-order valence-corrected chi connectivity index (χ4v) is 2.53. The zero-order valence-electron chi connectivity index (χ0n) is 10.6. The van der Waals surface area contributed by atoms with E-state index in [2.05, 4.69) is 25.2 Å². The molecule has 0 bridgehead atoms. The maximum absolute atomic E-state index is 9.56. The Morgan fingerprint density at radius 3 is 2.53 bits per heavy atom. The molecular weight excluding hydrogens is 228 g/mol. The van der Waals surface area contributed by atoms with Gasteiger partial charge in [-0.2, -0.15) is 17.0 Å².